The van der Waals surface area contributed by atoms with Crippen LogP contribution in [0.2, 0.25) is 0 Å². The van der Waals surface area contributed by atoms with Crippen molar-refractivity contribution in [1.29, 1.82) is 0 Å². The highest BCUT2D eigenvalue weighted by Gasteiger charge is 2.18. The van der Waals surface area contributed by atoms with Gasteiger partial charge in [-0.1, -0.05) is 55.5 Å². The average Bonchev–Trinajstić information content (AvgIpc) is 2.61. The first kappa shape index (κ1) is 18.0. The molecule has 0 bridgehead atoms. The monoisotopic (exact) mass is 327 g/mol. The molecule has 0 fully saturated rings. The van der Waals surface area contributed by atoms with Crippen molar-refractivity contribution in [3.63, 3.8) is 0 Å². The second-order valence-electron chi connectivity index (χ2n) is 5.61. The molecule has 0 spiro atoms. The third kappa shape index (κ3) is 5.70. The lowest BCUT2D eigenvalue weighted by Crippen LogP contribution is -2.39. The fourth-order valence-corrected chi connectivity index (χ4v) is 2.29. The first-order valence-corrected chi connectivity index (χ1v) is 8.32. The standard InChI is InChI=1S/C20H25NO3/c1-3-18(24-19-12-8-7-9-16(19)2)20(22)21-13-14-23-15-17-10-5-4-6-11-17/h4-12,18H,3,13-15H2,1-2H3,(H,21,22)/t18-/m0/s1. The van der Waals surface area contributed by atoms with E-state index in [1.807, 2.05) is 68.4 Å². The zero-order valence-corrected chi connectivity index (χ0v) is 14.3. The van der Waals surface area contributed by atoms with E-state index in [0.717, 1.165) is 16.9 Å². The molecular formula is C20H25NO3. The molecule has 0 aliphatic carbocycles. The highest BCUT2D eigenvalue weighted by atomic mass is 16.5. The number of amides is 1. The van der Waals surface area contributed by atoms with Gasteiger partial charge in [-0.3, -0.25) is 4.79 Å². The first-order valence-electron chi connectivity index (χ1n) is 8.32. The average molecular weight is 327 g/mol. The molecule has 0 unspecified atom stereocenters. The second kappa shape index (κ2) is 9.73. The van der Waals surface area contributed by atoms with Gasteiger partial charge >= 0.3 is 0 Å². The molecule has 128 valence electrons. The minimum Gasteiger partial charge on any atom is -0.480 e. The number of rotatable bonds is 9. The van der Waals surface area contributed by atoms with Gasteiger partial charge in [0.2, 0.25) is 0 Å². The Morgan fingerprint density at radius 1 is 1.08 bits per heavy atom. The van der Waals surface area contributed by atoms with Crippen molar-refractivity contribution in [2.24, 2.45) is 0 Å². The molecule has 0 saturated heterocycles. The Labute approximate surface area is 143 Å². The summed E-state index contributed by atoms with van der Waals surface area (Å²) in [6.07, 6.45) is 0.130. The molecule has 2 aromatic rings. The Kier molecular flexibility index (Phi) is 7.30. The van der Waals surface area contributed by atoms with E-state index < -0.39 is 6.10 Å². The number of carbonyl (C=O) groups excluding carboxylic acids is 1. The molecule has 1 amide bonds. The van der Waals surface area contributed by atoms with Gasteiger partial charge in [0.1, 0.15) is 5.75 Å². The molecule has 0 aliphatic heterocycles. The van der Waals surface area contributed by atoms with E-state index in [2.05, 4.69) is 5.32 Å². The predicted molar refractivity (Wildman–Crippen MR) is 95.0 cm³/mol. The Balaban J connectivity index is 1.71. The van der Waals surface area contributed by atoms with Gasteiger partial charge in [-0.2, -0.15) is 0 Å². The van der Waals surface area contributed by atoms with Crippen LogP contribution in [0.3, 0.4) is 0 Å². The summed E-state index contributed by atoms with van der Waals surface area (Å²) in [6.45, 7) is 5.40. The molecule has 1 N–H and O–H groups in total. The fraction of sp³-hybridized carbons (Fsp3) is 0.350. The maximum Gasteiger partial charge on any atom is 0.261 e. The van der Waals surface area contributed by atoms with Gasteiger partial charge < -0.3 is 14.8 Å². The van der Waals surface area contributed by atoms with Crippen LogP contribution in [0.25, 0.3) is 0 Å². The predicted octanol–water partition coefficient (Wildman–Crippen LogP) is 3.49. The van der Waals surface area contributed by atoms with Crippen LogP contribution in [0, 0.1) is 6.92 Å². The lowest BCUT2D eigenvalue weighted by atomic mass is 10.2. The van der Waals surface area contributed by atoms with Crippen LogP contribution in [-0.2, 0) is 16.1 Å². The van der Waals surface area contributed by atoms with Gasteiger partial charge in [0.05, 0.1) is 13.2 Å². The summed E-state index contributed by atoms with van der Waals surface area (Å²) < 4.78 is 11.4. The van der Waals surface area contributed by atoms with E-state index in [1.165, 1.54) is 0 Å². The SMILES string of the molecule is CC[C@H](Oc1ccccc1C)C(=O)NCCOCc1ccccc1. The second-order valence-corrected chi connectivity index (χ2v) is 5.61. The van der Waals surface area contributed by atoms with Gasteiger partial charge in [-0.25, -0.2) is 0 Å². The topological polar surface area (TPSA) is 47.6 Å². The summed E-state index contributed by atoms with van der Waals surface area (Å²) in [5.41, 5.74) is 2.15. The van der Waals surface area contributed by atoms with Crippen LogP contribution in [0.4, 0.5) is 0 Å². The van der Waals surface area contributed by atoms with Crippen LogP contribution in [0.1, 0.15) is 24.5 Å². The lowest BCUT2D eigenvalue weighted by molar-refractivity contribution is -0.128. The maximum atomic E-state index is 12.2. The van der Waals surface area contributed by atoms with Crippen molar-refractivity contribution < 1.29 is 14.3 Å². The molecule has 0 radical (unpaired) electrons. The number of nitrogens with one attached hydrogen (secondary N) is 1. The highest BCUT2D eigenvalue weighted by molar-refractivity contribution is 5.81. The summed E-state index contributed by atoms with van der Waals surface area (Å²) in [5, 5.41) is 2.87. The van der Waals surface area contributed by atoms with Crippen molar-refractivity contribution >= 4 is 5.91 Å². The maximum absolute atomic E-state index is 12.2. The third-order valence-corrected chi connectivity index (χ3v) is 3.68. The Morgan fingerprint density at radius 3 is 2.50 bits per heavy atom. The van der Waals surface area contributed by atoms with Gasteiger partial charge in [-0.05, 0) is 30.5 Å². The van der Waals surface area contributed by atoms with E-state index in [4.69, 9.17) is 9.47 Å². The summed E-state index contributed by atoms with van der Waals surface area (Å²) in [6, 6.07) is 17.7. The van der Waals surface area contributed by atoms with E-state index in [0.29, 0.717) is 26.2 Å². The van der Waals surface area contributed by atoms with Crippen LogP contribution in [0.15, 0.2) is 54.6 Å². The van der Waals surface area contributed by atoms with Crippen LogP contribution in [-0.4, -0.2) is 25.2 Å². The Bertz CT molecular complexity index is 628. The van der Waals surface area contributed by atoms with E-state index in [-0.39, 0.29) is 5.91 Å². The molecule has 0 saturated carbocycles. The normalized spacial score (nSPS) is 11.8. The van der Waals surface area contributed by atoms with Crippen LogP contribution in [0.5, 0.6) is 5.75 Å². The molecular weight excluding hydrogens is 302 g/mol. The van der Waals surface area contributed by atoms with Crippen molar-refractivity contribution in [1.82, 2.24) is 5.32 Å². The zero-order valence-electron chi connectivity index (χ0n) is 14.3. The Hall–Kier alpha value is -2.33. The van der Waals surface area contributed by atoms with Crippen LogP contribution >= 0.6 is 0 Å². The van der Waals surface area contributed by atoms with E-state index in [1.54, 1.807) is 0 Å². The number of benzene rings is 2. The molecule has 4 nitrogen and oxygen atoms in total. The number of aryl methyl sites for hydroxylation is 1. The zero-order chi connectivity index (χ0) is 17.2. The van der Waals surface area contributed by atoms with Crippen LogP contribution < -0.4 is 10.1 Å². The molecule has 1 atom stereocenters. The van der Waals surface area contributed by atoms with Gasteiger partial charge in [0, 0.05) is 6.54 Å². The van der Waals surface area contributed by atoms with Gasteiger partial charge in [0.15, 0.2) is 6.10 Å². The van der Waals surface area contributed by atoms with E-state index in [9.17, 15) is 4.79 Å². The summed E-state index contributed by atoms with van der Waals surface area (Å²) in [7, 11) is 0. The minimum atomic E-state index is -0.486. The number of hydrogen-bond acceptors (Lipinski definition) is 3. The number of para-hydroxylation sites is 1. The molecule has 2 rings (SSSR count). The molecule has 24 heavy (non-hydrogen) atoms. The van der Waals surface area contributed by atoms with Crippen molar-refractivity contribution in [3.05, 3.63) is 65.7 Å². The molecule has 0 heterocycles. The molecule has 0 aliphatic rings. The largest absolute Gasteiger partial charge is 0.480 e. The van der Waals surface area contributed by atoms with Gasteiger partial charge in [-0.15, -0.1) is 0 Å². The summed E-state index contributed by atoms with van der Waals surface area (Å²) in [5.74, 6) is 0.642. The fourth-order valence-electron chi connectivity index (χ4n) is 2.29. The molecule has 0 aromatic heterocycles. The minimum absolute atomic E-state index is 0.107. The van der Waals surface area contributed by atoms with Crippen molar-refractivity contribution in [3.8, 4) is 5.75 Å². The van der Waals surface area contributed by atoms with Crippen molar-refractivity contribution in [2.75, 3.05) is 13.2 Å². The lowest BCUT2D eigenvalue weighted by Gasteiger charge is -2.18. The molecule has 4 heteroatoms. The first-order chi connectivity index (χ1) is 11.7. The number of carbonyl (C=O) groups is 1. The number of ether oxygens (including phenoxy) is 2. The quantitative estimate of drug-likeness (QED) is 0.717. The van der Waals surface area contributed by atoms with Crippen molar-refractivity contribution in [2.45, 2.75) is 33.0 Å². The molecule has 2 aromatic carbocycles. The van der Waals surface area contributed by atoms with Gasteiger partial charge in [0.25, 0.3) is 5.91 Å². The highest BCUT2D eigenvalue weighted by Crippen LogP contribution is 2.18. The third-order valence-electron chi connectivity index (χ3n) is 3.68. The number of hydrogen-bond donors (Lipinski definition) is 1. The summed E-state index contributed by atoms with van der Waals surface area (Å²) >= 11 is 0. The van der Waals surface area contributed by atoms with E-state index >= 15 is 0 Å². The Morgan fingerprint density at radius 2 is 1.79 bits per heavy atom. The smallest absolute Gasteiger partial charge is 0.261 e. The summed E-state index contributed by atoms with van der Waals surface area (Å²) in [4.78, 5) is 12.2.